The molecule has 1 aliphatic carbocycles. The largest absolute Gasteiger partial charge is 0.481 e. The van der Waals surface area contributed by atoms with Gasteiger partial charge in [-0.25, -0.2) is 0 Å². The predicted molar refractivity (Wildman–Crippen MR) is 80.9 cm³/mol. The Morgan fingerprint density at radius 3 is 2.43 bits per heavy atom. The van der Waals surface area contributed by atoms with Crippen LogP contribution in [0.5, 0.6) is 0 Å². The number of hydrogen-bond donors (Lipinski definition) is 2. The average molecular weight is 296 g/mol. The summed E-state index contributed by atoms with van der Waals surface area (Å²) in [6, 6.07) is 0. The zero-order valence-corrected chi connectivity index (χ0v) is 13.0. The molecule has 5 heteroatoms. The number of carboxylic acid groups (broad SMARTS) is 1. The Morgan fingerprint density at radius 2 is 1.81 bits per heavy atom. The number of rotatable bonds is 6. The van der Waals surface area contributed by atoms with Crippen LogP contribution in [-0.4, -0.2) is 48.1 Å². The average Bonchev–Trinajstić information content (AvgIpc) is 2.95. The minimum absolute atomic E-state index is 0.0472. The van der Waals surface area contributed by atoms with Crippen molar-refractivity contribution in [1.82, 2.24) is 10.2 Å². The molecule has 5 nitrogen and oxygen atoms in total. The molecule has 120 valence electrons. The fourth-order valence-corrected chi connectivity index (χ4v) is 3.39. The molecule has 2 N–H and O–H groups in total. The number of aliphatic carboxylic acids is 1. The Labute approximate surface area is 127 Å². The second-order valence-corrected chi connectivity index (χ2v) is 6.71. The summed E-state index contributed by atoms with van der Waals surface area (Å²) in [5, 5.41) is 11.9. The number of carbonyl (C=O) groups is 2. The van der Waals surface area contributed by atoms with Gasteiger partial charge in [-0.2, -0.15) is 0 Å². The van der Waals surface area contributed by atoms with Crippen molar-refractivity contribution in [3.8, 4) is 0 Å². The first-order valence-electron chi connectivity index (χ1n) is 8.29. The van der Waals surface area contributed by atoms with Gasteiger partial charge < -0.3 is 15.3 Å². The first-order valence-corrected chi connectivity index (χ1v) is 8.29. The summed E-state index contributed by atoms with van der Waals surface area (Å²) in [6.45, 7) is 6.42. The van der Waals surface area contributed by atoms with E-state index in [4.69, 9.17) is 5.11 Å². The Hall–Kier alpha value is -1.10. The Kier molecular flexibility index (Phi) is 6.03. The molecule has 1 saturated carbocycles. The fraction of sp³-hybridized carbons (Fsp3) is 0.875. The monoisotopic (exact) mass is 296 g/mol. The van der Waals surface area contributed by atoms with Gasteiger partial charge in [-0.15, -0.1) is 0 Å². The summed E-state index contributed by atoms with van der Waals surface area (Å²) in [5.74, 6) is -0.279. The van der Waals surface area contributed by atoms with Crippen LogP contribution in [0.3, 0.4) is 0 Å². The lowest BCUT2D eigenvalue weighted by molar-refractivity contribution is -0.141. The zero-order chi connectivity index (χ0) is 15.2. The van der Waals surface area contributed by atoms with Crippen molar-refractivity contribution in [2.75, 3.05) is 26.2 Å². The van der Waals surface area contributed by atoms with Crippen LogP contribution in [-0.2, 0) is 9.59 Å². The molecule has 1 amide bonds. The minimum atomic E-state index is -0.760. The Bertz CT molecular complexity index is 365. The van der Waals surface area contributed by atoms with Crippen LogP contribution in [0.4, 0.5) is 0 Å². The third kappa shape index (κ3) is 4.99. The first-order chi connectivity index (χ1) is 10.1. The molecule has 1 aliphatic heterocycles. The van der Waals surface area contributed by atoms with Gasteiger partial charge in [-0.05, 0) is 64.1 Å². The number of piperidine rings is 1. The standard InChI is InChI=1S/C16H28N2O3/c1-12-5-9-18(10-6-12)8-2-7-17-15(19)13-3-4-14(11-13)16(20)21/h12-14H,2-11H2,1H3,(H,17,19)(H,20,21)/t13-,14+/m1/s1. The summed E-state index contributed by atoms with van der Waals surface area (Å²) >= 11 is 0. The van der Waals surface area contributed by atoms with E-state index in [1.807, 2.05) is 0 Å². The van der Waals surface area contributed by atoms with Crippen LogP contribution in [0.1, 0.15) is 45.4 Å². The molecule has 1 saturated heterocycles. The van der Waals surface area contributed by atoms with Crippen molar-refractivity contribution in [3.05, 3.63) is 0 Å². The SMILES string of the molecule is CC1CCN(CCCNC(=O)[C@@H]2CC[C@H](C(=O)O)C2)CC1. The molecular weight excluding hydrogens is 268 g/mol. The number of carboxylic acids is 1. The van der Waals surface area contributed by atoms with Gasteiger partial charge >= 0.3 is 5.97 Å². The first kappa shape index (κ1) is 16.3. The molecule has 1 heterocycles. The van der Waals surface area contributed by atoms with E-state index in [2.05, 4.69) is 17.1 Å². The molecule has 2 rings (SSSR count). The smallest absolute Gasteiger partial charge is 0.306 e. The molecule has 0 aromatic rings. The lowest BCUT2D eigenvalue weighted by Crippen LogP contribution is -2.36. The number of likely N-dealkylation sites (tertiary alicyclic amines) is 1. The molecule has 2 atom stereocenters. The highest BCUT2D eigenvalue weighted by Gasteiger charge is 2.33. The molecule has 0 aromatic carbocycles. The van der Waals surface area contributed by atoms with Gasteiger partial charge in [0.05, 0.1) is 5.92 Å². The van der Waals surface area contributed by atoms with Crippen LogP contribution in [0.15, 0.2) is 0 Å². The molecule has 2 aliphatic rings. The van der Waals surface area contributed by atoms with Gasteiger partial charge in [0, 0.05) is 12.5 Å². The summed E-state index contributed by atoms with van der Waals surface area (Å²) in [7, 11) is 0. The molecule has 0 unspecified atom stereocenters. The van der Waals surface area contributed by atoms with Crippen molar-refractivity contribution in [2.45, 2.75) is 45.4 Å². The summed E-state index contributed by atoms with van der Waals surface area (Å²) in [6.07, 6.45) is 5.41. The molecule has 0 aromatic heterocycles. The quantitative estimate of drug-likeness (QED) is 0.732. The predicted octanol–water partition coefficient (Wildman–Crippen LogP) is 1.73. The molecular formula is C16H28N2O3. The summed E-state index contributed by atoms with van der Waals surface area (Å²) < 4.78 is 0. The van der Waals surface area contributed by atoms with Crippen LogP contribution in [0, 0.1) is 17.8 Å². The Morgan fingerprint density at radius 1 is 1.14 bits per heavy atom. The van der Waals surface area contributed by atoms with E-state index < -0.39 is 5.97 Å². The summed E-state index contributed by atoms with van der Waals surface area (Å²) in [4.78, 5) is 25.4. The lowest BCUT2D eigenvalue weighted by Gasteiger charge is -2.30. The maximum Gasteiger partial charge on any atom is 0.306 e. The normalized spacial score (nSPS) is 27.7. The van der Waals surface area contributed by atoms with E-state index in [9.17, 15) is 9.59 Å². The van der Waals surface area contributed by atoms with Crippen LogP contribution in [0.2, 0.25) is 0 Å². The highest BCUT2D eigenvalue weighted by Crippen LogP contribution is 2.31. The van der Waals surface area contributed by atoms with Crippen LogP contribution < -0.4 is 5.32 Å². The van der Waals surface area contributed by atoms with Crippen LogP contribution in [0.25, 0.3) is 0 Å². The van der Waals surface area contributed by atoms with E-state index in [0.717, 1.165) is 18.9 Å². The van der Waals surface area contributed by atoms with E-state index in [1.54, 1.807) is 0 Å². The van der Waals surface area contributed by atoms with Gasteiger partial charge in [0.15, 0.2) is 0 Å². The van der Waals surface area contributed by atoms with Gasteiger partial charge in [0.25, 0.3) is 0 Å². The van der Waals surface area contributed by atoms with Crippen molar-refractivity contribution < 1.29 is 14.7 Å². The second-order valence-electron chi connectivity index (χ2n) is 6.71. The van der Waals surface area contributed by atoms with Crippen molar-refractivity contribution in [3.63, 3.8) is 0 Å². The van der Waals surface area contributed by atoms with Crippen molar-refractivity contribution in [2.24, 2.45) is 17.8 Å². The van der Waals surface area contributed by atoms with Gasteiger partial charge in [-0.3, -0.25) is 9.59 Å². The fourth-order valence-electron chi connectivity index (χ4n) is 3.39. The van der Waals surface area contributed by atoms with Crippen LogP contribution >= 0.6 is 0 Å². The number of amides is 1. The zero-order valence-electron chi connectivity index (χ0n) is 13.0. The van der Waals surface area contributed by atoms with Crippen molar-refractivity contribution >= 4 is 11.9 Å². The molecule has 0 bridgehead atoms. The molecule has 2 fully saturated rings. The van der Waals surface area contributed by atoms with Crippen molar-refractivity contribution in [1.29, 1.82) is 0 Å². The third-order valence-electron chi connectivity index (χ3n) is 4.98. The molecule has 0 spiro atoms. The van der Waals surface area contributed by atoms with E-state index in [-0.39, 0.29) is 17.7 Å². The van der Waals surface area contributed by atoms with Gasteiger partial charge in [-0.1, -0.05) is 6.92 Å². The summed E-state index contributed by atoms with van der Waals surface area (Å²) in [5.41, 5.74) is 0. The maximum atomic E-state index is 12.0. The molecule has 21 heavy (non-hydrogen) atoms. The van der Waals surface area contributed by atoms with Gasteiger partial charge in [0.1, 0.15) is 0 Å². The molecule has 0 radical (unpaired) electrons. The highest BCUT2D eigenvalue weighted by atomic mass is 16.4. The lowest BCUT2D eigenvalue weighted by atomic mass is 9.99. The third-order valence-corrected chi connectivity index (χ3v) is 4.98. The van der Waals surface area contributed by atoms with E-state index >= 15 is 0 Å². The maximum absolute atomic E-state index is 12.0. The number of nitrogens with zero attached hydrogens (tertiary/aromatic N) is 1. The van der Waals surface area contributed by atoms with E-state index in [1.165, 1.54) is 25.9 Å². The number of carbonyl (C=O) groups excluding carboxylic acids is 1. The van der Waals surface area contributed by atoms with Gasteiger partial charge in [0.2, 0.25) is 5.91 Å². The second kappa shape index (κ2) is 7.78. The highest BCUT2D eigenvalue weighted by molar-refractivity contribution is 5.80. The number of nitrogens with one attached hydrogen (secondary N) is 1. The topological polar surface area (TPSA) is 69.6 Å². The Balaban J connectivity index is 1.56. The van der Waals surface area contributed by atoms with E-state index in [0.29, 0.717) is 25.8 Å². The number of hydrogen-bond acceptors (Lipinski definition) is 3. The minimum Gasteiger partial charge on any atom is -0.481 e.